The molecule has 2 nitrogen and oxygen atoms in total. The Hall–Kier alpha value is -1.73. The van der Waals surface area contributed by atoms with Gasteiger partial charge in [0, 0.05) is 23.9 Å². The van der Waals surface area contributed by atoms with Gasteiger partial charge in [-0.05, 0) is 25.5 Å². The van der Waals surface area contributed by atoms with Crippen molar-refractivity contribution in [3.63, 3.8) is 0 Å². The summed E-state index contributed by atoms with van der Waals surface area (Å²) in [5.74, 6) is -5.49. The molecular formula is C14H13F6NO. The maximum absolute atomic E-state index is 13.8. The van der Waals surface area contributed by atoms with Gasteiger partial charge >= 0.3 is 6.18 Å². The van der Waals surface area contributed by atoms with Crippen molar-refractivity contribution in [2.75, 3.05) is 6.54 Å². The Bertz CT molecular complexity index is 585. The maximum atomic E-state index is 13.8. The molecule has 22 heavy (non-hydrogen) atoms. The number of nitrogens with zero attached hydrogens (tertiary/aromatic N) is 1. The molecule has 1 fully saturated rings. The van der Waals surface area contributed by atoms with Crippen molar-refractivity contribution in [2.45, 2.75) is 37.9 Å². The lowest BCUT2D eigenvalue weighted by Gasteiger charge is -2.40. The quantitative estimate of drug-likeness (QED) is 0.599. The third-order valence-corrected chi connectivity index (χ3v) is 3.86. The van der Waals surface area contributed by atoms with Crippen LogP contribution in [0, 0.1) is 17.5 Å². The number of benzene rings is 1. The highest BCUT2D eigenvalue weighted by molar-refractivity contribution is 5.77. The van der Waals surface area contributed by atoms with E-state index in [1.54, 1.807) is 0 Å². The van der Waals surface area contributed by atoms with E-state index in [1.807, 2.05) is 0 Å². The molecule has 1 aromatic rings. The first-order chi connectivity index (χ1) is 10.1. The molecule has 1 amide bonds. The van der Waals surface area contributed by atoms with Crippen LogP contribution in [0.2, 0.25) is 0 Å². The van der Waals surface area contributed by atoms with Gasteiger partial charge in [-0.1, -0.05) is 0 Å². The molecule has 0 saturated carbocycles. The molecule has 0 aromatic heterocycles. The number of piperidine rings is 1. The van der Waals surface area contributed by atoms with Gasteiger partial charge < -0.3 is 4.90 Å². The Morgan fingerprint density at radius 1 is 1.18 bits per heavy atom. The summed E-state index contributed by atoms with van der Waals surface area (Å²) in [6.45, 7) is -0.223. The predicted octanol–water partition coefficient (Wildman–Crippen LogP) is 3.76. The topological polar surface area (TPSA) is 20.3 Å². The summed E-state index contributed by atoms with van der Waals surface area (Å²) < 4.78 is 78.6. The molecular weight excluding hydrogens is 312 g/mol. The first kappa shape index (κ1) is 16.6. The summed E-state index contributed by atoms with van der Waals surface area (Å²) in [6, 6.07) is 0.249. The Kier molecular flexibility index (Phi) is 4.39. The van der Waals surface area contributed by atoms with E-state index in [0.717, 1.165) is 6.07 Å². The van der Waals surface area contributed by atoms with Crippen LogP contribution in [-0.4, -0.2) is 29.6 Å². The summed E-state index contributed by atoms with van der Waals surface area (Å²) in [6.07, 6.45) is -4.93. The van der Waals surface area contributed by atoms with Gasteiger partial charge in [-0.3, -0.25) is 4.79 Å². The second-order valence-corrected chi connectivity index (χ2v) is 5.28. The zero-order valence-electron chi connectivity index (χ0n) is 11.6. The zero-order chi connectivity index (χ0) is 16.7. The highest BCUT2D eigenvalue weighted by Gasteiger charge is 2.42. The number of carbonyl (C=O) groups is 1. The van der Waals surface area contributed by atoms with E-state index in [0.29, 0.717) is 11.0 Å². The van der Waals surface area contributed by atoms with E-state index in [1.165, 1.54) is 6.92 Å². The fraction of sp³-hybridized carbons (Fsp3) is 0.500. The lowest BCUT2D eigenvalue weighted by atomic mass is 9.83. The minimum absolute atomic E-state index is 0.0361. The summed E-state index contributed by atoms with van der Waals surface area (Å²) in [5.41, 5.74) is -0.604. The van der Waals surface area contributed by atoms with Gasteiger partial charge in [0.05, 0.1) is 0 Å². The van der Waals surface area contributed by atoms with Crippen LogP contribution < -0.4 is 0 Å². The molecule has 0 radical (unpaired) electrons. The zero-order valence-corrected chi connectivity index (χ0v) is 11.6. The van der Waals surface area contributed by atoms with Crippen molar-refractivity contribution < 1.29 is 31.1 Å². The van der Waals surface area contributed by atoms with Crippen LogP contribution in [0.15, 0.2) is 12.1 Å². The second-order valence-electron chi connectivity index (χ2n) is 5.28. The maximum Gasteiger partial charge on any atom is 0.406 e. The Morgan fingerprint density at radius 3 is 2.36 bits per heavy atom. The molecule has 1 saturated heterocycles. The molecule has 0 spiro atoms. The van der Waals surface area contributed by atoms with Crippen LogP contribution in [0.25, 0.3) is 0 Å². The van der Waals surface area contributed by atoms with Gasteiger partial charge in [-0.2, -0.15) is 13.2 Å². The van der Waals surface area contributed by atoms with Gasteiger partial charge in [0.25, 0.3) is 0 Å². The third kappa shape index (κ3) is 3.20. The van der Waals surface area contributed by atoms with E-state index in [4.69, 9.17) is 0 Å². The van der Waals surface area contributed by atoms with Crippen LogP contribution in [0.5, 0.6) is 0 Å². The number of rotatable bonds is 2. The molecule has 0 bridgehead atoms. The monoisotopic (exact) mass is 325 g/mol. The molecule has 0 N–H and O–H groups in total. The largest absolute Gasteiger partial charge is 0.406 e. The minimum atomic E-state index is -4.62. The fourth-order valence-corrected chi connectivity index (χ4v) is 2.80. The number of alkyl halides is 3. The van der Waals surface area contributed by atoms with Crippen LogP contribution in [0.3, 0.4) is 0 Å². The van der Waals surface area contributed by atoms with E-state index in [9.17, 15) is 31.1 Å². The van der Waals surface area contributed by atoms with Crippen LogP contribution in [0.1, 0.15) is 31.2 Å². The first-order valence-electron chi connectivity index (χ1n) is 6.61. The number of amides is 1. The van der Waals surface area contributed by atoms with Gasteiger partial charge in [-0.15, -0.1) is 0 Å². The summed E-state index contributed by atoms with van der Waals surface area (Å²) >= 11 is 0. The number of carbonyl (C=O) groups excluding carboxylic acids is 1. The standard InChI is InChI=1S/C14H13F6NO/c1-7-8(12-9(15)3-4-10(16)13(12)17)2-5-11(22)21(7)6-14(18,19)20/h3-4,7-8H,2,5-6H2,1H3. The van der Waals surface area contributed by atoms with Gasteiger partial charge in [-0.25, -0.2) is 13.2 Å². The number of halogens is 6. The fourth-order valence-electron chi connectivity index (χ4n) is 2.80. The lowest BCUT2D eigenvalue weighted by molar-refractivity contribution is -0.169. The van der Waals surface area contributed by atoms with Gasteiger partial charge in [0.1, 0.15) is 12.4 Å². The molecule has 8 heteroatoms. The number of hydrogen-bond donors (Lipinski definition) is 0. The lowest BCUT2D eigenvalue weighted by Crippen LogP contribution is -2.50. The van der Waals surface area contributed by atoms with Crippen molar-refractivity contribution in [1.29, 1.82) is 0 Å². The molecule has 0 aliphatic carbocycles. The van der Waals surface area contributed by atoms with E-state index >= 15 is 0 Å². The Labute approximate surface area is 122 Å². The average molecular weight is 325 g/mol. The highest BCUT2D eigenvalue weighted by Crippen LogP contribution is 2.37. The molecule has 1 aromatic carbocycles. The van der Waals surface area contributed by atoms with Crippen LogP contribution in [0.4, 0.5) is 26.3 Å². The molecule has 1 aliphatic rings. The summed E-state index contributed by atoms with van der Waals surface area (Å²) in [7, 11) is 0. The van der Waals surface area contributed by atoms with E-state index in [2.05, 4.69) is 0 Å². The second kappa shape index (κ2) is 5.81. The molecule has 1 heterocycles. The summed E-state index contributed by atoms with van der Waals surface area (Å²) in [5, 5.41) is 0. The number of hydrogen-bond acceptors (Lipinski definition) is 1. The molecule has 1 aliphatic heterocycles. The SMILES string of the molecule is CC1C(c2c(F)ccc(F)c2F)CCC(=O)N1CC(F)(F)F. The van der Waals surface area contributed by atoms with Crippen molar-refractivity contribution in [1.82, 2.24) is 4.90 Å². The Balaban J connectivity index is 2.37. The first-order valence-corrected chi connectivity index (χ1v) is 6.61. The predicted molar refractivity (Wildman–Crippen MR) is 65.5 cm³/mol. The molecule has 2 unspecified atom stereocenters. The smallest absolute Gasteiger partial charge is 0.330 e. The van der Waals surface area contributed by atoms with E-state index in [-0.39, 0.29) is 12.8 Å². The van der Waals surface area contributed by atoms with Crippen LogP contribution in [-0.2, 0) is 4.79 Å². The number of likely N-dealkylation sites (tertiary alicyclic amines) is 1. The van der Waals surface area contributed by atoms with Crippen molar-refractivity contribution in [3.8, 4) is 0 Å². The summed E-state index contributed by atoms with van der Waals surface area (Å²) in [4.78, 5) is 12.2. The highest BCUT2D eigenvalue weighted by atomic mass is 19.4. The minimum Gasteiger partial charge on any atom is -0.330 e. The average Bonchev–Trinajstić information content (AvgIpc) is 2.40. The van der Waals surface area contributed by atoms with Gasteiger partial charge in [0.2, 0.25) is 5.91 Å². The van der Waals surface area contributed by atoms with Crippen LogP contribution >= 0.6 is 0 Å². The molecule has 2 rings (SSSR count). The molecule has 122 valence electrons. The molecule has 2 atom stereocenters. The third-order valence-electron chi connectivity index (χ3n) is 3.86. The van der Waals surface area contributed by atoms with Gasteiger partial charge in [0.15, 0.2) is 11.6 Å². The normalized spacial score (nSPS) is 23.0. The van der Waals surface area contributed by atoms with Crippen molar-refractivity contribution >= 4 is 5.91 Å². The van der Waals surface area contributed by atoms with E-state index < -0.39 is 53.6 Å². The Morgan fingerprint density at radius 2 is 1.77 bits per heavy atom. The van der Waals surface area contributed by atoms with Crippen molar-refractivity contribution in [3.05, 3.63) is 35.1 Å². The van der Waals surface area contributed by atoms with Crippen molar-refractivity contribution in [2.24, 2.45) is 0 Å².